The number of carbonyl (C=O) groups is 1. The molecule has 3 rings (SSSR count). The summed E-state index contributed by atoms with van der Waals surface area (Å²) in [7, 11) is 0. The van der Waals surface area contributed by atoms with Gasteiger partial charge in [0.1, 0.15) is 11.5 Å². The van der Waals surface area contributed by atoms with E-state index in [4.69, 9.17) is 0 Å². The quantitative estimate of drug-likeness (QED) is 0.887. The van der Waals surface area contributed by atoms with Crippen LogP contribution in [0.25, 0.3) is 0 Å². The van der Waals surface area contributed by atoms with Crippen molar-refractivity contribution in [1.29, 1.82) is 0 Å². The van der Waals surface area contributed by atoms with E-state index in [0.29, 0.717) is 6.54 Å². The number of nitrogens with one attached hydrogen (secondary N) is 2. The molecule has 3 heterocycles. The van der Waals surface area contributed by atoms with Crippen molar-refractivity contribution in [3.63, 3.8) is 0 Å². The average Bonchev–Trinajstić information content (AvgIpc) is 2.90. The summed E-state index contributed by atoms with van der Waals surface area (Å²) >= 11 is 0. The number of amides is 1. The van der Waals surface area contributed by atoms with Gasteiger partial charge < -0.3 is 10.2 Å². The molecular formula is C17H21N5O2. The molecule has 0 atom stereocenters. The highest BCUT2D eigenvalue weighted by Gasteiger charge is 2.11. The Kier molecular flexibility index (Phi) is 5.20. The van der Waals surface area contributed by atoms with Crippen LogP contribution in [-0.2, 0) is 6.54 Å². The molecule has 2 aromatic heterocycles. The van der Waals surface area contributed by atoms with Crippen LogP contribution in [0.3, 0.4) is 0 Å². The third-order valence-electron chi connectivity index (χ3n) is 4.10. The van der Waals surface area contributed by atoms with Gasteiger partial charge in [-0.25, -0.2) is 10.1 Å². The normalized spacial score (nSPS) is 14.9. The lowest BCUT2D eigenvalue weighted by atomic mass is 10.2. The smallest absolute Gasteiger partial charge is 0.271 e. The van der Waals surface area contributed by atoms with E-state index >= 15 is 0 Å². The minimum atomic E-state index is -0.333. The summed E-state index contributed by atoms with van der Waals surface area (Å²) in [6.45, 7) is 2.48. The van der Waals surface area contributed by atoms with Crippen LogP contribution in [0.2, 0.25) is 0 Å². The van der Waals surface area contributed by atoms with Crippen molar-refractivity contribution in [3.05, 3.63) is 52.1 Å². The van der Waals surface area contributed by atoms with Crippen molar-refractivity contribution in [1.82, 2.24) is 20.5 Å². The Morgan fingerprint density at radius 2 is 1.92 bits per heavy atom. The first-order chi connectivity index (χ1) is 11.7. The average molecular weight is 327 g/mol. The molecule has 2 aromatic rings. The first-order valence-electron chi connectivity index (χ1n) is 8.26. The number of rotatable bonds is 4. The van der Waals surface area contributed by atoms with Gasteiger partial charge >= 0.3 is 0 Å². The predicted octanol–water partition coefficient (Wildman–Crippen LogP) is 1.48. The van der Waals surface area contributed by atoms with Gasteiger partial charge in [-0.15, -0.1) is 0 Å². The zero-order valence-corrected chi connectivity index (χ0v) is 13.5. The number of H-pyrrole nitrogens is 1. The highest BCUT2D eigenvalue weighted by molar-refractivity contribution is 5.91. The lowest BCUT2D eigenvalue weighted by molar-refractivity contribution is 0.0945. The van der Waals surface area contributed by atoms with E-state index in [1.807, 2.05) is 12.1 Å². The molecule has 7 nitrogen and oxygen atoms in total. The maximum Gasteiger partial charge on any atom is 0.271 e. The summed E-state index contributed by atoms with van der Waals surface area (Å²) in [6, 6.07) is 6.66. The van der Waals surface area contributed by atoms with Crippen molar-refractivity contribution in [3.8, 4) is 0 Å². The van der Waals surface area contributed by atoms with E-state index in [2.05, 4.69) is 25.4 Å². The molecule has 0 bridgehead atoms. The van der Waals surface area contributed by atoms with Gasteiger partial charge in [-0.2, -0.15) is 5.10 Å². The third kappa shape index (κ3) is 4.18. The lowest BCUT2D eigenvalue weighted by Gasteiger charge is -2.21. The molecule has 1 aliphatic rings. The molecule has 1 aliphatic heterocycles. The van der Waals surface area contributed by atoms with Crippen LogP contribution in [0.4, 0.5) is 5.82 Å². The van der Waals surface area contributed by atoms with Gasteiger partial charge in [0.2, 0.25) is 0 Å². The predicted molar refractivity (Wildman–Crippen MR) is 90.9 cm³/mol. The van der Waals surface area contributed by atoms with Gasteiger partial charge in [0.15, 0.2) is 0 Å². The second-order valence-corrected chi connectivity index (χ2v) is 5.92. The van der Waals surface area contributed by atoms with Crippen LogP contribution in [0.1, 0.15) is 41.7 Å². The van der Waals surface area contributed by atoms with E-state index in [0.717, 1.165) is 24.5 Å². The molecule has 1 amide bonds. The van der Waals surface area contributed by atoms with E-state index < -0.39 is 0 Å². The molecule has 0 spiro atoms. The van der Waals surface area contributed by atoms with Gasteiger partial charge in [0.05, 0.1) is 0 Å². The second kappa shape index (κ2) is 7.72. The van der Waals surface area contributed by atoms with Crippen LogP contribution in [0.15, 0.2) is 35.3 Å². The molecule has 1 saturated heterocycles. The molecule has 0 radical (unpaired) electrons. The molecule has 0 aliphatic carbocycles. The number of hydrogen-bond donors (Lipinski definition) is 2. The third-order valence-corrected chi connectivity index (χ3v) is 4.10. The minimum absolute atomic E-state index is 0.184. The Bertz CT molecular complexity index is 713. The summed E-state index contributed by atoms with van der Waals surface area (Å²) in [5, 5.41) is 8.71. The summed E-state index contributed by atoms with van der Waals surface area (Å²) in [5.41, 5.74) is 0.773. The van der Waals surface area contributed by atoms with Crippen LogP contribution in [0, 0.1) is 0 Å². The number of aromatic amines is 1. The first kappa shape index (κ1) is 16.2. The molecule has 0 aromatic carbocycles. The van der Waals surface area contributed by atoms with Crippen molar-refractivity contribution in [2.24, 2.45) is 0 Å². The summed E-state index contributed by atoms with van der Waals surface area (Å²) in [6.07, 6.45) is 6.80. The fourth-order valence-electron chi connectivity index (χ4n) is 2.75. The van der Waals surface area contributed by atoms with Crippen molar-refractivity contribution < 1.29 is 4.79 Å². The number of hydrogen-bond acceptors (Lipinski definition) is 5. The van der Waals surface area contributed by atoms with Crippen molar-refractivity contribution >= 4 is 11.7 Å². The number of anilines is 1. The number of pyridine rings is 1. The molecule has 0 saturated carbocycles. The maximum absolute atomic E-state index is 12.0. The number of nitrogens with zero attached hydrogens (tertiary/aromatic N) is 3. The molecule has 1 fully saturated rings. The van der Waals surface area contributed by atoms with Crippen LogP contribution in [0.5, 0.6) is 0 Å². The molecule has 0 unspecified atom stereocenters. The molecule has 7 heteroatoms. The van der Waals surface area contributed by atoms with Crippen LogP contribution < -0.4 is 15.8 Å². The Morgan fingerprint density at radius 3 is 2.54 bits per heavy atom. The van der Waals surface area contributed by atoms with E-state index in [1.54, 1.807) is 6.20 Å². The Hall–Kier alpha value is -2.70. The van der Waals surface area contributed by atoms with E-state index in [9.17, 15) is 9.59 Å². The molecule has 126 valence electrons. The molecular weight excluding hydrogens is 306 g/mol. The molecule has 24 heavy (non-hydrogen) atoms. The van der Waals surface area contributed by atoms with Crippen molar-refractivity contribution in [2.45, 2.75) is 32.2 Å². The van der Waals surface area contributed by atoms with E-state index in [1.165, 1.54) is 37.8 Å². The fourth-order valence-corrected chi connectivity index (χ4v) is 2.75. The first-order valence-corrected chi connectivity index (χ1v) is 8.26. The maximum atomic E-state index is 12.0. The zero-order chi connectivity index (χ0) is 16.8. The number of carbonyl (C=O) groups excluding carboxylic acids is 1. The van der Waals surface area contributed by atoms with Crippen LogP contribution in [-0.4, -0.2) is 34.2 Å². The fraction of sp³-hybridized carbons (Fsp3) is 0.412. The Morgan fingerprint density at radius 1 is 1.12 bits per heavy atom. The SMILES string of the molecule is O=C(NCc1ccc(N2CCCCCC2)nc1)c1ccc(=O)[nH]n1. The topological polar surface area (TPSA) is 91.0 Å². The van der Waals surface area contributed by atoms with Gasteiger partial charge in [-0.1, -0.05) is 18.9 Å². The highest BCUT2D eigenvalue weighted by Crippen LogP contribution is 2.17. The van der Waals surface area contributed by atoms with Gasteiger partial charge in [0.25, 0.3) is 11.5 Å². The molecule has 2 N–H and O–H groups in total. The summed E-state index contributed by atoms with van der Waals surface area (Å²) in [4.78, 5) is 29.7. The Labute approximate surface area is 140 Å². The van der Waals surface area contributed by atoms with Crippen LogP contribution >= 0.6 is 0 Å². The Balaban J connectivity index is 1.56. The minimum Gasteiger partial charge on any atom is -0.357 e. The largest absolute Gasteiger partial charge is 0.357 e. The lowest BCUT2D eigenvalue weighted by Crippen LogP contribution is -2.26. The highest BCUT2D eigenvalue weighted by atomic mass is 16.2. The van der Waals surface area contributed by atoms with Gasteiger partial charge in [-0.05, 0) is 30.5 Å². The van der Waals surface area contributed by atoms with Gasteiger partial charge in [0, 0.05) is 31.9 Å². The summed E-state index contributed by atoms with van der Waals surface area (Å²) in [5.74, 6) is 0.664. The van der Waals surface area contributed by atoms with Gasteiger partial charge in [-0.3, -0.25) is 9.59 Å². The standard InChI is InChI=1S/C17H21N5O2/c23-16-8-6-14(20-21-16)17(24)19-12-13-5-7-15(18-11-13)22-9-3-1-2-4-10-22/h5-8,11H,1-4,9-10,12H2,(H,19,24)(H,21,23). The van der Waals surface area contributed by atoms with Crippen molar-refractivity contribution in [2.75, 3.05) is 18.0 Å². The monoisotopic (exact) mass is 327 g/mol. The van der Waals surface area contributed by atoms with E-state index in [-0.39, 0.29) is 17.2 Å². The summed E-state index contributed by atoms with van der Waals surface area (Å²) < 4.78 is 0. The second-order valence-electron chi connectivity index (χ2n) is 5.92. The number of aromatic nitrogens is 3. The zero-order valence-electron chi connectivity index (χ0n) is 13.5.